The molecule has 12 heteroatoms. The number of methoxy groups -OCH3 is 3. The van der Waals surface area contributed by atoms with E-state index in [4.69, 9.17) is 18.9 Å². The van der Waals surface area contributed by atoms with Crippen LogP contribution in [0.25, 0.3) is 17.1 Å². The number of hydrogen-bond donors (Lipinski definition) is 3. The van der Waals surface area contributed by atoms with Crippen molar-refractivity contribution in [3.05, 3.63) is 66.2 Å². The number of rotatable bonds is 12. The van der Waals surface area contributed by atoms with Gasteiger partial charge in [-0.1, -0.05) is 24.3 Å². The highest BCUT2D eigenvalue weighted by Crippen LogP contribution is 2.40. The molecule has 1 aromatic heterocycles. The third-order valence-electron chi connectivity index (χ3n) is 5.68. The number of benzene rings is 3. The summed E-state index contributed by atoms with van der Waals surface area (Å²) in [6.07, 6.45) is 1.36. The number of phenolic OH excluding ortho intramolecular Hbond substituents is 1. The maximum atomic E-state index is 12.6. The number of nitrogens with one attached hydrogen (secondary N) is 2. The molecule has 11 nitrogen and oxygen atoms in total. The van der Waals surface area contributed by atoms with Crippen LogP contribution in [0.5, 0.6) is 28.7 Å². The van der Waals surface area contributed by atoms with E-state index in [1.165, 1.54) is 18.0 Å². The Morgan fingerprint density at radius 3 is 2.42 bits per heavy atom. The van der Waals surface area contributed by atoms with Gasteiger partial charge in [-0.3, -0.25) is 4.79 Å². The van der Waals surface area contributed by atoms with Crippen molar-refractivity contribution in [3.63, 3.8) is 0 Å². The lowest BCUT2D eigenvalue weighted by Gasteiger charge is -2.13. The minimum atomic E-state index is -0.348. The molecule has 0 atom stereocenters. The highest BCUT2D eigenvalue weighted by molar-refractivity contribution is 7.99. The van der Waals surface area contributed by atoms with Gasteiger partial charge < -0.3 is 24.1 Å². The number of thioether (sulfide) groups is 1. The second-order valence-electron chi connectivity index (χ2n) is 8.15. The minimum absolute atomic E-state index is 0.0364. The van der Waals surface area contributed by atoms with Crippen LogP contribution in [0.1, 0.15) is 12.5 Å². The summed E-state index contributed by atoms with van der Waals surface area (Å²) >= 11 is 1.23. The molecule has 0 aliphatic heterocycles. The zero-order chi connectivity index (χ0) is 28.5. The SMILES string of the molecule is CCOc1cccc(C=NNC(=O)CSc2n[nH]c(-c3cc(OC)c(OC)c(OC)c3)[n+]2-c2ccccc2)c1O. The van der Waals surface area contributed by atoms with Gasteiger partial charge in [0.15, 0.2) is 23.0 Å². The van der Waals surface area contributed by atoms with Crippen LogP contribution in [0.15, 0.2) is 70.9 Å². The molecule has 208 valence electrons. The third kappa shape index (κ3) is 6.29. The highest BCUT2D eigenvalue weighted by atomic mass is 32.2. The molecular formula is C28H30N5O6S+. The molecule has 4 aromatic rings. The average molecular weight is 565 g/mol. The van der Waals surface area contributed by atoms with Gasteiger partial charge >= 0.3 is 5.16 Å². The van der Waals surface area contributed by atoms with E-state index in [2.05, 4.69) is 20.7 Å². The number of phenols is 1. The quantitative estimate of drug-likeness (QED) is 0.103. The van der Waals surface area contributed by atoms with Crippen molar-refractivity contribution in [3.8, 4) is 45.8 Å². The Balaban J connectivity index is 1.56. The molecule has 1 amide bonds. The lowest BCUT2D eigenvalue weighted by Crippen LogP contribution is -2.34. The van der Waals surface area contributed by atoms with Gasteiger partial charge in [0.2, 0.25) is 5.75 Å². The van der Waals surface area contributed by atoms with E-state index >= 15 is 0 Å². The lowest BCUT2D eigenvalue weighted by molar-refractivity contribution is -0.625. The Hall–Kier alpha value is -4.71. The number of para-hydroxylation sites is 2. The molecule has 4 rings (SSSR count). The number of hydrazone groups is 1. The number of aromatic amines is 1. The summed E-state index contributed by atoms with van der Waals surface area (Å²) < 4.78 is 23.8. The van der Waals surface area contributed by atoms with Gasteiger partial charge in [0.25, 0.3) is 11.7 Å². The molecule has 0 aliphatic rings. The number of carbonyl (C=O) groups is 1. The minimum Gasteiger partial charge on any atom is -0.504 e. The molecular weight excluding hydrogens is 534 g/mol. The van der Waals surface area contributed by atoms with Crippen LogP contribution >= 0.6 is 11.8 Å². The van der Waals surface area contributed by atoms with E-state index < -0.39 is 0 Å². The van der Waals surface area contributed by atoms with Crippen LogP contribution in [-0.2, 0) is 4.79 Å². The molecule has 1 heterocycles. The zero-order valence-electron chi connectivity index (χ0n) is 22.5. The summed E-state index contributed by atoms with van der Waals surface area (Å²) in [5, 5.41) is 22.4. The van der Waals surface area contributed by atoms with Crippen LogP contribution in [-0.4, -0.2) is 61.1 Å². The predicted molar refractivity (Wildman–Crippen MR) is 151 cm³/mol. The Labute approximate surface area is 235 Å². The first-order valence-electron chi connectivity index (χ1n) is 12.3. The summed E-state index contributed by atoms with van der Waals surface area (Å²) in [5.41, 5.74) is 4.48. The van der Waals surface area contributed by atoms with Crippen molar-refractivity contribution in [2.45, 2.75) is 12.1 Å². The van der Waals surface area contributed by atoms with E-state index in [0.717, 1.165) is 11.3 Å². The molecule has 3 aromatic carbocycles. The third-order valence-corrected chi connectivity index (χ3v) is 6.62. The summed E-state index contributed by atoms with van der Waals surface area (Å²) in [4.78, 5) is 12.6. The standard InChI is InChI=1S/C28H29N5O6S/c1-5-39-21-13-9-10-18(25(21)35)16-29-30-24(34)17-40-28-32-31-27(33(28)20-11-7-6-8-12-20)19-14-22(36-2)26(38-4)23(15-19)37-3/h6-16H,5,17H2,1-4H3,(H2,29,30,34,35)/p+1. The zero-order valence-corrected chi connectivity index (χ0v) is 23.3. The monoisotopic (exact) mass is 564 g/mol. The summed E-state index contributed by atoms with van der Waals surface area (Å²) in [6, 6.07) is 18.3. The smallest absolute Gasteiger partial charge is 0.342 e. The van der Waals surface area contributed by atoms with Crippen LogP contribution in [0, 0.1) is 0 Å². The number of aromatic nitrogens is 3. The summed E-state index contributed by atoms with van der Waals surface area (Å²) in [7, 11) is 4.66. The van der Waals surface area contributed by atoms with Crippen LogP contribution in [0.3, 0.4) is 0 Å². The lowest BCUT2D eigenvalue weighted by atomic mass is 10.1. The molecule has 0 unspecified atom stereocenters. The molecule has 0 spiro atoms. The normalized spacial score (nSPS) is 10.9. The Morgan fingerprint density at radius 1 is 1.05 bits per heavy atom. The molecule has 3 N–H and O–H groups in total. The van der Waals surface area contributed by atoms with Crippen LogP contribution < -0.4 is 28.9 Å². The van der Waals surface area contributed by atoms with Crippen LogP contribution in [0.2, 0.25) is 0 Å². The number of H-pyrrole nitrogens is 1. The van der Waals surface area contributed by atoms with Crippen molar-refractivity contribution in [2.75, 3.05) is 33.7 Å². The average Bonchev–Trinajstić information content (AvgIpc) is 3.41. The maximum absolute atomic E-state index is 12.6. The fraction of sp³-hybridized carbons (Fsp3) is 0.214. The van der Waals surface area contributed by atoms with Gasteiger partial charge in [-0.2, -0.15) is 9.67 Å². The predicted octanol–water partition coefficient (Wildman–Crippen LogP) is 3.73. The summed E-state index contributed by atoms with van der Waals surface area (Å²) in [5.74, 6) is 2.11. The molecule has 40 heavy (non-hydrogen) atoms. The van der Waals surface area contributed by atoms with E-state index in [-0.39, 0.29) is 17.4 Å². The van der Waals surface area contributed by atoms with Crippen molar-refractivity contribution in [1.29, 1.82) is 0 Å². The van der Waals surface area contributed by atoms with Crippen molar-refractivity contribution >= 4 is 23.9 Å². The second kappa shape index (κ2) is 13.4. The number of nitrogens with zero attached hydrogens (tertiary/aromatic N) is 3. The van der Waals surface area contributed by atoms with E-state index in [1.54, 1.807) is 39.5 Å². The Kier molecular flexibility index (Phi) is 9.47. The molecule has 0 saturated carbocycles. The Morgan fingerprint density at radius 2 is 1.77 bits per heavy atom. The molecule has 0 aliphatic carbocycles. The largest absolute Gasteiger partial charge is 0.504 e. The number of hydrogen-bond acceptors (Lipinski definition) is 9. The number of ether oxygens (including phenoxy) is 4. The number of amides is 1. The van der Waals surface area contributed by atoms with Gasteiger partial charge in [-0.15, -0.1) is 5.10 Å². The van der Waals surface area contributed by atoms with E-state index in [1.807, 2.05) is 54.0 Å². The summed E-state index contributed by atoms with van der Waals surface area (Å²) in [6.45, 7) is 2.24. The van der Waals surface area contributed by atoms with E-state index in [0.29, 0.717) is 46.1 Å². The Bertz CT molecular complexity index is 1470. The number of carbonyl (C=O) groups excluding carboxylic acids is 1. The van der Waals surface area contributed by atoms with Crippen molar-refractivity contribution in [1.82, 2.24) is 15.6 Å². The van der Waals surface area contributed by atoms with Gasteiger partial charge in [-0.05, 0) is 55.1 Å². The van der Waals surface area contributed by atoms with Crippen molar-refractivity contribution in [2.24, 2.45) is 5.10 Å². The van der Waals surface area contributed by atoms with Gasteiger partial charge in [0.1, 0.15) is 5.69 Å². The van der Waals surface area contributed by atoms with Crippen LogP contribution in [0.4, 0.5) is 0 Å². The molecule has 0 saturated heterocycles. The molecule has 0 bridgehead atoms. The first kappa shape index (κ1) is 28.3. The van der Waals surface area contributed by atoms with Gasteiger partial charge in [0, 0.05) is 5.56 Å². The van der Waals surface area contributed by atoms with Gasteiger partial charge in [-0.25, -0.2) is 5.43 Å². The maximum Gasteiger partial charge on any atom is 0.342 e. The fourth-order valence-corrected chi connectivity index (χ4v) is 4.63. The van der Waals surface area contributed by atoms with Gasteiger partial charge in [0.05, 0.1) is 50.6 Å². The molecule has 0 radical (unpaired) electrons. The molecule has 0 fully saturated rings. The first-order valence-corrected chi connectivity index (χ1v) is 13.2. The van der Waals surface area contributed by atoms with Crippen molar-refractivity contribution < 1.29 is 33.4 Å². The topological polar surface area (TPSA) is 131 Å². The second-order valence-corrected chi connectivity index (χ2v) is 9.09. The van der Waals surface area contributed by atoms with E-state index in [9.17, 15) is 9.90 Å². The fourth-order valence-electron chi connectivity index (χ4n) is 3.87. The first-order chi connectivity index (χ1) is 19.5. The number of aromatic hydroxyl groups is 1. The highest BCUT2D eigenvalue weighted by Gasteiger charge is 2.27.